The van der Waals surface area contributed by atoms with Crippen LogP contribution in [0.3, 0.4) is 0 Å². The summed E-state index contributed by atoms with van der Waals surface area (Å²) in [6, 6.07) is 0.0743. The summed E-state index contributed by atoms with van der Waals surface area (Å²) in [4.78, 5) is 10.6. The van der Waals surface area contributed by atoms with Gasteiger partial charge >= 0.3 is 0 Å². The number of hydrogen-bond donors (Lipinski definition) is 1. The first-order valence-electron chi connectivity index (χ1n) is 7.54. The molecule has 0 aromatic carbocycles. The van der Waals surface area contributed by atoms with E-state index in [0.29, 0.717) is 5.41 Å². The highest BCUT2D eigenvalue weighted by Crippen LogP contribution is 2.48. The maximum absolute atomic E-state index is 10.6. The topological polar surface area (TPSA) is 49.7 Å². The Kier molecular flexibility index (Phi) is 4.41. The van der Waals surface area contributed by atoms with E-state index in [1.807, 2.05) is 0 Å². The summed E-state index contributed by atoms with van der Waals surface area (Å²) < 4.78 is 0. The Morgan fingerprint density at radius 2 is 1.33 bits per heavy atom. The summed E-state index contributed by atoms with van der Waals surface area (Å²) in [7, 11) is 0. The lowest BCUT2D eigenvalue weighted by molar-refractivity contribution is 0.0203. The van der Waals surface area contributed by atoms with E-state index in [2.05, 4.69) is 19.0 Å². The van der Waals surface area contributed by atoms with Gasteiger partial charge in [-0.1, -0.05) is 19.0 Å². The summed E-state index contributed by atoms with van der Waals surface area (Å²) in [5.74, 6) is 1.47. The summed E-state index contributed by atoms with van der Waals surface area (Å²) in [5, 5.41) is 12.8. The lowest BCUT2D eigenvalue weighted by atomic mass is 9.60. The van der Waals surface area contributed by atoms with Gasteiger partial charge in [-0.3, -0.25) is 0 Å². The summed E-state index contributed by atoms with van der Waals surface area (Å²) in [6.45, 7) is 4.80. The van der Waals surface area contributed by atoms with Crippen molar-refractivity contribution in [2.24, 2.45) is 22.4 Å². The molecule has 0 aliphatic heterocycles. The van der Waals surface area contributed by atoms with Gasteiger partial charge < -0.3 is 5.11 Å². The Hall–Kier alpha value is -0.440. The second-order valence-corrected chi connectivity index (χ2v) is 6.94. The van der Waals surface area contributed by atoms with E-state index in [1.54, 1.807) is 0 Å². The third-order valence-corrected chi connectivity index (χ3v) is 5.65. The van der Waals surface area contributed by atoms with Crippen molar-refractivity contribution in [3.63, 3.8) is 0 Å². The minimum Gasteiger partial charge on any atom is -0.393 e. The average Bonchev–Trinajstić information content (AvgIpc) is 2.39. The number of rotatable bonds is 3. The van der Waals surface area contributed by atoms with Gasteiger partial charge in [0.05, 0.1) is 12.1 Å². The third-order valence-electron chi connectivity index (χ3n) is 5.65. The average molecular weight is 253 g/mol. The number of aliphatic hydroxyl groups is 1. The minimum atomic E-state index is -0.0629. The minimum absolute atomic E-state index is 0.0629. The second kappa shape index (κ2) is 5.68. The Balaban J connectivity index is 1.92. The standard InChI is InChI=1S/C15H27NO2/c1-15(2,12-5-9-14(17)10-6-12)11-3-7-13(16-18)8-4-11/h11-14,17H,3-10H2,1-2H3. The molecule has 0 radical (unpaired) electrons. The van der Waals surface area contributed by atoms with Crippen LogP contribution in [0.4, 0.5) is 0 Å². The van der Waals surface area contributed by atoms with E-state index < -0.39 is 0 Å². The Bertz CT molecular complexity index is 274. The van der Waals surface area contributed by atoms with Crippen LogP contribution in [0.2, 0.25) is 0 Å². The molecule has 3 nitrogen and oxygen atoms in total. The highest BCUT2D eigenvalue weighted by Gasteiger charge is 2.40. The van der Waals surface area contributed by atoms with Crippen molar-refractivity contribution in [2.45, 2.75) is 77.4 Å². The van der Waals surface area contributed by atoms with Crippen molar-refractivity contribution in [1.29, 1.82) is 0 Å². The molecule has 3 heteroatoms. The molecule has 0 aromatic heterocycles. The summed E-state index contributed by atoms with van der Waals surface area (Å²) >= 11 is 0. The van der Waals surface area contributed by atoms with Crippen molar-refractivity contribution in [1.82, 2.24) is 0 Å². The van der Waals surface area contributed by atoms with Crippen LogP contribution in [0.15, 0.2) is 5.18 Å². The molecule has 0 saturated heterocycles. The van der Waals surface area contributed by atoms with Crippen LogP contribution in [0.1, 0.15) is 65.2 Å². The largest absolute Gasteiger partial charge is 0.393 e. The van der Waals surface area contributed by atoms with Gasteiger partial charge in [-0.15, -0.1) is 0 Å². The second-order valence-electron chi connectivity index (χ2n) is 6.94. The highest BCUT2D eigenvalue weighted by atomic mass is 16.3. The predicted octanol–water partition coefficient (Wildman–Crippen LogP) is 3.89. The SMILES string of the molecule is CC(C)(C1CCC(O)CC1)C1CCC(N=O)CC1. The lowest BCUT2D eigenvalue weighted by Gasteiger charge is -2.45. The number of hydrogen-bond acceptors (Lipinski definition) is 3. The van der Waals surface area contributed by atoms with Crippen LogP contribution in [-0.2, 0) is 0 Å². The quantitative estimate of drug-likeness (QED) is 0.776. The first-order valence-corrected chi connectivity index (χ1v) is 7.54. The highest BCUT2D eigenvalue weighted by molar-refractivity contribution is 4.91. The number of nitroso groups, excluding NO2 is 1. The number of nitrogens with zero attached hydrogens (tertiary/aromatic N) is 1. The zero-order valence-corrected chi connectivity index (χ0v) is 11.8. The van der Waals surface area contributed by atoms with Crippen LogP contribution in [0.25, 0.3) is 0 Å². The van der Waals surface area contributed by atoms with E-state index >= 15 is 0 Å². The molecule has 1 N–H and O–H groups in total. The Morgan fingerprint density at radius 1 is 0.889 bits per heavy atom. The van der Waals surface area contributed by atoms with Gasteiger partial charge in [0.25, 0.3) is 0 Å². The van der Waals surface area contributed by atoms with E-state index in [4.69, 9.17) is 0 Å². The first kappa shape index (κ1) is 14.0. The monoisotopic (exact) mass is 253 g/mol. The zero-order chi connectivity index (χ0) is 13.2. The van der Waals surface area contributed by atoms with Crippen LogP contribution >= 0.6 is 0 Å². The molecule has 0 amide bonds. The molecule has 0 atom stereocenters. The molecule has 0 bridgehead atoms. The van der Waals surface area contributed by atoms with Crippen LogP contribution in [0, 0.1) is 22.2 Å². The fourth-order valence-corrected chi connectivity index (χ4v) is 4.08. The van der Waals surface area contributed by atoms with Gasteiger partial charge in [0.15, 0.2) is 0 Å². The molecule has 0 unspecified atom stereocenters. The van der Waals surface area contributed by atoms with Crippen molar-refractivity contribution in [3.8, 4) is 0 Å². The van der Waals surface area contributed by atoms with Gasteiger partial charge in [-0.2, -0.15) is 4.91 Å². The molecule has 18 heavy (non-hydrogen) atoms. The molecule has 0 spiro atoms. The van der Waals surface area contributed by atoms with Crippen LogP contribution < -0.4 is 0 Å². The third kappa shape index (κ3) is 2.93. The van der Waals surface area contributed by atoms with Gasteiger partial charge in [0.1, 0.15) is 0 Å². The normalized spacial score (nSPS) is 38.4. The van der Waals surface area contributed by atoms with Crippen molar-refractivity contribution in [3.05, 3.63) is 4.91 Å². The van der Waals surface area contributed by atoms with Crippen LogP contribution in [-0.4, -0.2) is 17.3 Å². The van der Waals surface area contributed by atoms with E-state index in [1.165, 1.54) is 12.8 Å². The Morgan fingerprint density at radius 3 is 1.78 bits per heavy atom. The molecule has 2 rings (SSSR count). The molecule has 0 aromatic rings. The molecule has 2 aliphatic carbocycles. The predicted molar refractivity (Wildman–Crippen MR) is 73.3 cm³/mol. The Labute approximate surface area is 110 Å². The zero-order valence-electron chi connectivity index (χ0n) is 11.8. The molecular formula is C15H27NO2. The van der Waals surface area contributed by atoms with Gasteiger partial charge in [-0.25, -0.2) is 0 Å². The molecule has 2 fully saturated rings. The van der Waals surface area contributed by atoms with E-state index in [-0.39, 0.29) is 12.1 Å². The summed E-state index contributed by atoms with van der Waals surface area (Å²) in [6.07, 6.45) is 8.48. The lowest BCUT2D eigenvalue weighted by Crippen LogP contribution is -2.38. The van der Waals surface area contributed by atoms with Crippen LogP contribution in [0.5, 0.6) is 0 Å². The molecule has 0 heterocycles. The molecule has 104 valence electrons. The van der Waals surface area contributed by atoms with E-state index in [0.717, 1.165) is 50.4 Å². The fourth-order valence-electron chi connectivity index (χ4n) is 4.08. The molecular weight excluding hydrogens is 226 g/mol. The molecule has 2 saturated carbocycles. The first-order chi connectivity index (χ1) is 8.54. The van der Waals surface area contributed by atoms with Crippen molar-refractivity contribution >= 4 is 0 Å². The summed E-state index contributed by atoms with van der Waals surface area (Å²) in [5.41, 5.74) is 0.355. The van der Waals surface area contributed by atoms with Gasteiger partial charge in [0.2, 0.25) is 0 Å². The van der Waals surface area contributed by atoms with Crippen molar-refractivity contribution in [2.75, 3.05) is 0 Å². The smallest absolute Gasteiger partial charge is 0.0920 e. The van der Waals surface area contributed by atoms with Gasteiger partial charge in [0, 0.05) is 0 Å². The van der Waals surface area contributed by atoms with Crippen molar-refractivity contribution < 1.29 is 5.11 Å². The molecule has 2 aliphatic rings. The maximum atomic E-state index is 10.6. The fraction of sp³-hybridized carbons (Fsp3) is 1.00. The van der Waals surface area contributed by atoms with E-state index in [9.17, 15) is 10.0 Å². The number of aliphatic hydroxyl groups excluding tert-OH is 1. The maximum Gasteiger partial charge on any atom is 0.0920 e. The van der Waals surface area contributed by atoms with Gasteiger partial charge in [-0.05, 0) is 68.6 Å².